The number of rotatable bonds is 5. The fourth-order valence-electron chi connectivity index (χ4n) is 4.25. The van der Waals surface area contributed by atoms with Gasteiger partial charge in [-0.3, -0.25) is 10.1 Å². The summed E-state index contributed by atoms with van der Waals surface area (Å²) in [7, 11) is 0. The number of ether oxygens (including phenoxy) is 2. The fraction of sp³-hybridized carbons (Fsp3) is 0.286. The number of hydrogen-bond acceptors (Lipinski definition) is 9. The molecule has 10 nitrogen and oxygen atoms in total. The Bertz CT molecular complexity index is 1130. The molecule has 0 saturated carbocycles. The molecule has 1 saturated heterocycles. The second kappa shape index (κ2) is 8.55. The molecule has 2 aliphatic heterocycles. The van der Waals surface area contributed by atoms with Crippen LogP contribution >= 0.6 is 11.6 Å². The zero-order valence-corrected chi connectivity index (χ0v) is 17.7. The second-order valence-electron chi connectivity index (χ2n) is 7.38. The highest BCUT2D eigenvalue weighted by atomic mass is 35.5. The van der Waals surface area contributed by atoms with E-state index < -0.39 is 34.4 Å². The smallest absolute Gasteiger partial charge is 0.314 e. The number of halogens is 1. The van der Waals surface area contributed by atoms with E-state index in [1.807, 2.05) is 12.1 Å². The zero-order chi connectivity index (χ0) is 23.0. The Labute approximate surface area is 188 Å². The molecule has 32 heavy (non-hydrogen) atoms. The number of phenolic OH excluding ortho intramolecular Hbond substituents is 1. The van der Waals surface area contributed by atoms with Crippen LogP contribution in [0.4, 0.5) is 5.69 Å². The molecule has 166 valence electrons. The molecule has 0 bridgehead atoms. The topological polar surface area (TPSA) is 156 Å². The van der Waals surface area contributed by atoms with Gasteiger partial charge in [-0.25, -0.2) is 10.9 Å². The lowest BCUT2D eigenvalue weighted by molar-refractivity contribution is -0.386. The molecule has 2 aromatic rings. The number of fused-ring (bicyclic) bond motifs is 1. The number of hydrazine groups is 1. The molecule has 0 radical (unpaired) electrons. The Hall–Kier alpha value is -3.52. The van der Waals surface area contributed by atoms with E-state index >= 15 is 0 Å². The van der Waals surface area contributed by atoms with Crippen LogP contribution in [0.25, 0.3) is 0 Å². The van der Waals surface area contributed by atoms with Crippen molar-refractivity contribution in [3.8, 4) is 17.6 Å². The number of phenols is 1. The van der Waals surface area contributed by atoms with Crippen LogP contribution in [-0.2, 0) is 4.74 Å². The first-order valence-electron chi connectivity index (χ1n) is 9.82. The molecule has 11 heteroatoms. The van der Waals surface area contributed by atoms with Crippen LogP contribution in [0.3, 0.4) is 0 Å². The molecule has 5 N–H and O–H groups in total. The van der Waals surface area contributed by atoms with Crippen LogP contribution in [0.15, 0.2) is 47.9 Å². The molecule has 0 spiro atoms. The van der Waals surface area contributed by atoms with Gasteiger partial charge in [0, 0.05) is 22.9 Å². The van der Waals surface area contributed by atoms with Gasteiger partial charge in [-0.05, 0) is 36.2 Å². The van der Waals surface area contributed by atoms with Crippen LogP contribution in [0.2, 0.25) is 5.02 Å². The normalized spacial score (nSPS) is 24.4. The molecule has 4 atom stereocenters. The van der Waals surface area contributed by atoms with Crippen molar-refractivity contribution in [3.63, 3.8) is 0 Å². The van der Waals surface area contributed by atoms with Gasteiger partial charge < -0.3 is 20.3 Å². The molecule has 2 aliphatic rings. The Morgan fingerprint density at radius 3 is 2.66 bits per heavy atom. The molecule has 1 fully saturated rings. The van der Waals surface area contributed by atoms with Gasteiger partial charge in [-0.15, -0.1) is 0 Å². The number of nitro benzene ring substituents is 1. The number of nitrogens with zero attached hydrogens (tertiary/aromatic N) is 2. The van der Waals surface area contributed by atoms with E-state index in [9.17, 15) is 20.5 Å². The van der Waals surface area contributed by atoms with Crippen LogP contribution < -0.4 is 21.3 Å². The highest BCUT2D eigenvalue weighted by Gasteiger charge is 2.49. The molecule has 4 unspecified atom stereocenters. The van der Waals surface area contributed by atoms with E-state index in [0.717, 1.165) is 5.56 Å². The number of nitriles is 1. The Morgan fingerprint density at radius 1 is 1.31 bits per heavy atom. The molecular formula is C21H20ClN5O5. The SMILES string of the molecule is CCOc1cc(C2C(C#N)=C(N)OC3NNC(c4ccc(Cl)cc4)C32)cc([N+](=O)[O-])c1O. The predicted octanol–water partition coefficient (Wildman–Crippen LogP) is 2.95. The predicted molar refractivity (Wildman–Crippen MR) is 114 cm³/mol. The average molecular weight is 458 g/mol. The first-order valence-corrected chi connectivity index (χ1v) is 10.2. The van der Waals surface area contributed by atoms with Gasteiger partial charge in [-0.2, -0.15) is 5.26 Å². The highest BCUT2D eigenvalue weighted by molar-refractivity contribution is 6.30. The van der Waals surface area contributed by atoms with Gasteiger partial charge in [0.25, 0.3) is 0 Å². The summed E-state index contributed by atoms with van der Waals surface area (Å²) in [6, 6.07) is 11.7. The maximum absolute atomic E-state index is 11.6. The summed E-state index contributed by atoms with van der Waals surface area (Å²) in [5.41, 5.74) is 13.1. The van der Waals surface area contributed by atoms with E-state index in [1.54, 1.807) is 19.1 Å². The second-order valence-corrected chi connectivity index (χ2v) is 7.81. The lowest BCUT2D eigenvalue weighted by atomic mass is 9.74. The number of nitrogens with two attached hydrogens (primary N) is 1. The van der Waals surface area contributed by atoms with Crippen LogP contribution in [0, 0.1) is 27.4 Å². The third-order valence-corrected chi connectivity index (χ3v) is 5.87. The van der Waals surface area contributed by atoms with Gasteiger partial charge in [0.1, 0.15) is 6.07 Å². The number of allylic oxidation sites excluding steroid dienone is 1. The third-order valence-electron chi connectivity index (χ3n) is 5.61. The van der Waals surface area contributed by atoms with Crippen LogP contribution in [0.1, 0.15) is 30.0 Å². The van der Waals surface area contributed by atoms with Gasteiger partial charge in [0.15, 0.2) is 12.0 Å². The van der Waals surface area contributed by atoms with E-state index in [4.69, 9.17) is 26.8 Å². The van der Waals surface area contributed by atoms with Crippen molar-refractivity contribution in [2.45, 2.75) is 25.1 Å². The number of hydrogen-bond donors (Lipinski definition) is 4. The van der Waals surface area contributed by atoms with Crippen molar-refractivity contribution in [3.05, 3.63) is 74.1 Å². The first kappa shape index (κ1) is 21.7. The van der Waals surface area contributed by atoms with E-state index in [0.29, 0.717) is 10.6 Å². The molecule has 2 aromatic carbocycles. The van der Waals surface area contributed by atoms with Crippen molar-refractivity contribution in [2.24, 2.45) is 11.7 Å². The molecule has 4 rings (SSSR count). The summed E-state index contributed by atoms with van der Waals surface area (Å²) in [5.74, 6) is -1.77. The van der Waals surface area contributed by atoms with Gasteiger partial charge in [-0.1, -0.05) is 23.7 Å². The maximum atomic E-state index is 11.6. The van der Waals surface area contributed by atoms with Crippen molar-refractivity contribution in [1.29, 1.82) is 5.26 Å². The van der Waals surface area contributed by atoms with E-state index in [2.05, 4.69) is 16.9 Å². The summed E-state index contributed by atoms with van der Waals surface area (Å²) in [4.78, 5) is 10.9. The minimum absolute atomic E-state index is 0.0439. The molecule has 2 heterocycles. The summed E-state index contributed by atoms with van der Waals surface area (Å²) in [6.07, 6.45) is -0.610. The Balaban J connectivity index is 1.89. The largest absolute Gasteiger partial charge is 0.500 e. The highest BCUT2D eigenvalue weighted by Crippen LogP contribution is 2.50. The summed E-state index contributed by atoms with van der Waals surface area (Å²) in [5, 5.41) is 32.3. The monoisotopic (exact) mass is 457 g/mol. The Morgan fingerprint density at radius 2 is 2.03 bits per heavy atom. The number of nitro groups is 1. The average Bonchev–Trinajstić information content (AvgIpc) is 3.18. The molecule has 0 aromatic heterocycles. The fourth-order valence-corrected chi connectivity index (χ4v) is 4.37. The summed E-state index contributed by atoms with van der Waals surface area (Å²) < 4.78 is 11.2. The standard InChI is InChI=1S/C21H20ClN5O5/c1-2-31-15-8-11(7-14(19(15)28)27(29)30)16-13(9-23)20(24)32-21-17(16)18(25-26-21)10-3-5-12(22)6-4-10/h3-8,16-18,21,25-26,28H,2,24H2,1H3. The maximum Gasteiger partial charge on any atom is 0.314 e. The lowest BCUT2D eigenvalue weighted by Gasteiger charge is -2.36. The van der Waals surface area contributed by atoms with Crippen molar-refractivity contribution in [1.82, 2.24) is 10.9 Å². The van der Waals surface area contributed by atoms with Gasteiger partial charge in [0.05, 0.1) is 23.1 Å². The van der Waals surface area contributed by atoms with Gasteiger partial charge >= 0.3 is 5.69 Å². The zero-order valence-electron chi connectivity index (χ0n) is 16.9. The van der Waals surface area contributed by atoms with Gasteiger partial charge in [0.2, 0.25) is 11.6 Å². The molecule has 0 amide bonds. The van der Waals surface area contributed by atoms with Crippen molar-refractivity contribution < 1.29 is 19.5 Å². The third kappa shape index (κ3) is 3.67. The van der Waals surface area contributed by atoms with Crippen LogP contribution in [-0.4, -0.2) is 22.9 Å². The molecular weight excluding hydrogens is 438 g/mol. The Kier molecular flexibility index (Phi) is 5.80. The number of nitrogens with one attached hydrogen (secondary N) is 2. The van der Waals surface area contributed by atoms with Crippen LogP contribution in [0.5, 0.6) is 11.5 Å². The minimum atomic E-state index is -0.695. The number of benzene rings is 2. The number of aromatic hydroxyl groups is 1. The minimum Gasteiger partial charge on any atom is -0.500 e. The van der Waals surface area contributed by atoms with Crippen molar-refractivity contribution in [2.75, 3.05) is 6.61 Å². The summed E-state index contributed by atoms with van der Waals surface area (Å²) in [6.45, 7) is 1.88. The quantitative estimate of drug-likeness (QED) is 0.391. The molecule has 0 aliphatic carbocycles. The lowest BCUT2D eigenvalue weighted by Crippen LogP contribution is -2.41. The van der Waals surface area contributed by atoms with E-state index in [1.165, 1.54) is 12.1 Å². The van der Waals surface area contributed by atoms with E-state index in [-0.39, 0.29) is 29.9 Å². The first-order chi connectivity index (χ1) is 15.3. The summed E-state index contributed by atoms with van der Waals surface area (Å²) >= 11 is 6.02. The van der Waals surface area contributed by atoms with Crippen molar-refractivity contribution >= 4 is 17.3 Å².